The molecule has 2 amide bonds. The topological polar surface area (TPSA) is 69.6 Å². The van der Waals surface area contributed by atoms with Crippen LogP contribution in [0.4, 0.5) is 10.5 Å². The Morgan fingerprint density at radius 2 is 1.52 bits per heavy atom. The molecule has 0 aliphatic heterocycles. The number of benzene rings is 2. The van der Waals surface area contributed by atoms with Crippen LogP contribution in [0.15, 0.2) is 60.7 Å². The average molecular weight is 284 g/mol. The van der Waals surface area contributed by atoms with Gasteiger partial charge in [-0.05, 0) is 17.7 Å². The van der Waals surface area contributed by atoms with Crippen molar-refractivity contribution in [3.05, 3.63) is 66.2 Å². The van der Waals surface area contributed by atoms with Gasteiger partial charge in [-0.25, -0.2) is 4.79 Å². The van der Waals surface area contributed by atoms with Crippen molar-refractivity contribution < 1.29 is 14.7 Å². The second-order valence-electron chi connectivity index (χ2n) is 4.47. The Morgan fingerprint density at radius 1 is 0.952 bits per heavy atom. The number of nitrogens with one attached hydrogen (secondary N) is 1. The van der Waals surface area contributed by atoms with Crippen LogP contribution in [0.5, 0.6) is 0 Å². The molecule has 21 heavy (non-hydrogen) atoms. The number of para-hydroxylation sites is 1. The lowest BCUT2D eigenvalue weighted by molar-refractivity contribution is -0.119. The van der Waals surface area contributed by atoms with Crippen LogP contribution < -0.4 is 10.2 Å². The number of hydrogen-bond acceptors (Lipinski definition) is 2. The summed E-state index contributed by atoms with van der Waals surface area (Å²) in [6.07, 6.45) is -1.16. The number of carboxylic acid groups (broad SMARTS) is 1. The van der Waals surface area contributed by atoms with Gasteiger partial charge in [0.1, 0.15) is 6.54 Å². The van der Waals surface area contributed by atoms with Crippen molar-refractivity contribution in [1.29, 1.82) is 0 Å². The van der Waals surface area contributed by atoms with Crippen LogP contribution in [0, 0.1) is 0 Å². The van der Waals surface area contributed by atoms with Gasteiger partial charge in [-0.2, -0.15) is 0 Å². The quantitative estimate of drug-likeness (QED) is 0.886. The summed E-state index contributed by atoms with van der Waals surface area (Å²) >= 11 is 0. The average Bonchev–Trinajstić information content (AvgIpc) is 2.52. The van der Waals surface area contributed by atoms with Gasteiger partial charge in [-0.15, -0.1) is 0 Å². The lowest BCUT2D eigenvalue weighted by Gasteiger charge is -2.18. The molecular weight excluding hydrogens is 268 g/mol. The number of nitrogens with zero attached hydrogens (tertiary/aromatic N) is 1. The van der Waals surface area contributed by atoms with E-state index in [9.17, 15) is 14.7 Å². The van der Waals surface area contributed by atoms with Gasteiger partial charge in [0.25, 0.3) is 0 Å². The predicted molar refractivity (Wildman–Crippen MR) is 80.1 cm³/mol. The number of carbonyl (C=O) groups excluding carboxylic acids is 1. The van der Waals surface area contributed by atoms with E-state index < -0.39 is 6.09 Å². The molecular formula is C16H16N2O3. The summed E-state index contributed by atoms with van der Waals surface area (Å²) in [5.41, 5.74) is 1.44. The van der Waals surface area contributed by atoms with Crippen LogP contribution >= 0.6 is 0 Å². The van der Waals surface area contributed by atoms with Crippen molar-refractivity contribution in [2.45, 2.75) is 6.54 Å². The van der Waals surface area contributed by atoms with Crippen molar-refractivity contribution >= 4 is 17.7 Å². The second kappa shape index (κ2) is 7.09. The first kappa shape index (κ1) is 14.6. The number of carbonyl (C=O) groups is 2. The van der Waals surface area contributed by atoms with E-state index in [4.69, 9.17) is 0 Å². The monoisotopic (exact) mass is 284 g/mol. The summed E-state index contributed by atoms with van der Waals surface area (Å²) in [6, 6.07) is 18.0. The Hall–Kier alpha value is -2.82. The minimum absolute atomic E-state index is 0.230. The third-order valence-electron chi connectivity index (χ3n) is 2.93. The maximum absolute atomic E-state index is 11.9. The Balaban J connectivity index is 1.95. The van der Waals surface area contributed by atoms with E-state index >= 15 is 0 Å². The first-order valence-corrected chi connectivity index (χ1v) is 6.53. The molecule has 5 nitrogen and oxygen atoms in total. The highest BCUT2D eigenvalue weighted by atomic mass is 16.4. The molecule has 2 aromatic carbocycles. The van der Waals surface area contributed by atoms with Crippen molar-refractivity contribution in [1.82, 2.24) is 5.32 Å². The third kappa shape index (κ3) is 4.35. The molecule has 0 bridgehead atoms. The minimum Gasteiger partial charge on any atom is -0.465 e. The molecule has 0 atom stereocenters. The Labute approximate surface area is 122 Å². The standard InChI is InChI=1S/C16H16N2O3/c19-15(17-11-13-7-3-1-4-8-13)12-18(16(20)21)14-9-5-2-6-10-14/h1-10H,11-12H2,(H,17,19)(H,20,21). The summed E-state index contributed by atoms with van der Waals surface area (Å²) in [6.45, 7) is 0.147. The van der Waals surface area contributed by atoms with E-state index in [1.54, 1.807) is 30.3 Å². The summed E-state index contributed by atoms with van der Waals surface area (Å²) < 4.78 is 0. The van der Waals surface area contributed by atoms with Gasteiger partial charge in [0.05, 0.1) is 0 Å². The predicted octanol–water partition coefficient (Wildman–Crippen LogP) is 2.49. The zero-order valence-electron chi connectivity index (χ0n) is 11.4. The molecule has 0 aliphatic rings. The van der Waals surface area contributed by atoms with Gasteiger partial charge in [0, 0.05) is 12.2 Å². The fourth-order valence-electron chi connectivity index (χ4n) is 1.87. The number of anilines is 1. The Morgan fingerprint density at radius 3 is 2.10 bits per heavy atom. The highest BCUT2D eigenvalue weighted by Crippen LogP contribution is 2.12. The van der Waals surface area contributed by atoms with Crippen LogP contribution in [0.1, 0.15) is 5.56 Å². The van der Waals surface area contributed by atoms with Crippen LogP contribution in [-0.2, 0) is 11.3 Å². The molecule has 0 heterocycles. The normalized spacial score (nSPS) is 9.90. The lowest BCUT2D eigenvalue weighted by atomic mass is 10.2. The van der Waals surface area contributed by atoms with E-state index in [1.165, 1.54) is 0 Å². The molecule has 0 saturated carbocycles. The molecule has 0 radical (unpaired) electrons. The number of rotatable bonds is 5. The van der Waals surface area contributed by atoms with E-state index in [1.807, 2.05) is 30.3 Å². The first-order valence-electron chi connectivity index (χ1n) is 6.53. The van der Waals surface area contributed by atoms with Crippen molar-refractivity contribution in [3.63, 3.8) is 0 Å². The fraction of sp³-hybridized carbons (Fsp3) is 0.125. The molecule has 2 N–H and O–H groups in total. The smallest absolute Gasteiger partial charge is 0.412 e. The largest absolute Gasteiger partial charge is 0.465 e. The molecule has 0 aromatic heterocycles. The van der Waals surface area contributed by atoms with E-state index in [-0.39, 0.29) is 12.5 Å². The second-order valence-corrected chi connectivity index (χ2v) is 4.47. The van der Waals surface area contributed by atoms with Crippen LogP contribution in [-0.4, -0.2) is 23.7 Å². The molecule has 0 saturated heterocycles. The highest BCUT2D eigenvalue weighted by molar-refractivity contribution is 5.93. The van der Waals surface area contributed by atoms with Gasteiger partial charge in [0.15, 0.2) is 0 Å². The van der Waals surface area contributed by atoms with E-state index in [2.05, 4.69) is 5.32 Å². The zero-order chi connectivity index (χ0) is 15.1. The maximum Gasteiger partial charge on any atom is 0.412 e. The molecule has 0 aliphatic carbocycles. The molecule has 0 unspecified atom stereocenters. The van der Waals surface area contributed by atoms with Crippen LogP contribution in [0.2, 0.25) is 0 Å². The van der Waals surface area contributed by atoms with Crippen molar-refractivity contribution in [3.8, 4) is 0 Å². The van der Waals surface area contributed by atoms with Crippen LogP contribution in [0.25, 0.3) is 0 Å². The molecule has 0 spiro atoms. The number of hydrogen-bond donors (Lipinski definition) is 2. The minimum atomic E-state index is -1.16. The Kier molecular flexibility index (Phi) is 4.93. The first-order chi connectivity index (χ1) is 10.2. The number of amides is 2. The van der Waals surface area contributed by atoms with Crippen molar-refractivity contribution in [2.24, 2.45) is 0 Å². The van der Waals surface area contributed by atoms with Gasteiger partial charge in [-0.3, -0.25) is 9.69 Å². The third-order valence-corrected chi connectivity index (χ3v) is 2.93. The van der Waals surface area contributed by atoms with Gasteiger partial charge in [0.2, 0.25) is 5.91 Å². The molecule has 108 valence electrons. The lowest BCUT2D eigenvalue weighted by Crippen LogP contribution is -2.39. The SMILES string of the molecule is O=C(CN(C(=O)O)c1ccccc1)NCc1ccccc1. The maximum atomic E-state index is 11.9. The van der Waals surface area contributed by atoms with Gasteiger partial charge >= 0.3 is 6.09 Å². The van der Waals surface area contributed by atoms with Crippen LogP contribution in [0.3, 0.4) is 0 Å². The summed E-state index contributed by atoms with van der Waals surface area (Å²) in [4.78, 5) is 24.2. The van der Waals surface area contributed by atoms with Gasteiger partial charge < -0.3 is 10.4 Å². The molecule has 2 aromatic rings. The Bertz CT molecular complexity index is 599. The van der Waals surface area contributed by atoms with Gasteiger partial charge in [-0.1, -0.05) is 48.5 Å². The van der Waals surface area contributed by atoms with Crippen molar-refractivity contribution in [2.75, 3.05) is 11.4 Å². The van der Waals surface area contributed by atoms with E-state index in [0.717, 1.165) is 10.5 Å². The summed E-state index contributed by atoms with van der Waals surface area (Å²) in [5, 5.41) is 11.9. The van der Waals surface area contributed by atoms with E-state index in [0.29, 0.717) is 12.2 Å². The fourth-order valence-corrected chi connectivity index (χ4v) is 1.87. The molecule has 0 fully saturated rings. The summed E-state index contributed by atoms with van der Waals surface area (Å²) in [7, 11) is 0. The molecule has 5 heteroatoms. The summed E-state index contributed by atoms with van der Waals surface area (Å²) in [5.74, 6) is -0.342. The zero-order valence-corrected chi connectivity index (χ0v) is 11.4. The highest BCUT2D eigenvalue weighted by Gasteiger charge is 2.17. The molecule has 2 rings (SSSR count).